The number of nitrogens with one attached hydrogen (secondary N) is 1. The van der Waals surface area contributed by atoms with Crippen LogP contribution in [0.2, 0.25) is 0 Å². The van der Waals surface area contributed by atoms with E-state index in [1.807, 2.05) is 0 Å². The Bertz CT molecular complexity index is 356. The number of hydrogen-bond acceptors (Lipinski definition) is 4. The summed E-state index contributed by atoms with van der Waals surface area (Å²) in [5.74, 6) is 1.12. The standard InChI is InChI=1S/C14H24N2O2/c1-3-14(6-4-5-7-14)13-12(16-11-18-13)10-15-8-9-17-2/h11,15H,3-10H2,1-2H3. The fourth-order valence-electron chi connectivity index (χ4n) is 3.00. The highest BCUT2D eigenvalue weighted by molar-refractivity contribution is 5.21. The average Bonchev–Trinajstić information content (AvgIpc) is 3.03. The smallest absolute Gasteiger partial charge is 0.181 e. The summed E-state index contributed by atoms with van der Waals surface area (Å²) in [4.78, 5) is 4.38. The molecule has 0 saturated heterocycles. The van der Waals surface area contributed by atoms with Gasteiger partial charge in [0, 0.05) is 25.6 Å². The number of aromatic nitrogens is 1. The maximum atomic E-state index is 5.72. The second-order valence-corrected chi connectivity index (χ2v) is 5.14. The first-order valence-electron chi connectivity index (χ1n) is 6.95. The number of oxazole rings is 1. The molecule has 102 valence electrons. The summed E-state index contributed by atoms with van der Waals surface area (Å²) in [6.45, 7) is 4.61. The minimum absolute atomic E-state index is 0.245. The molecule has 1 aliphatic rings. The zero-order valence-corrected chi connectivity index (χ0v) is 11.5. The Morgan fingerprint density at radius 3 is 2.89 bits per heavy atom. The molecule has 0 aliphatic heterocycles. The predicted molar refractivity (Wildman–Crippen MR) is 70.5 cm³/mol. The van der Waals surface area contributed by atoms with Crippen LogP contribution < -0.4 is 5.32 Å². The van der Waals surface area contributed by atoms with E-state index in [1.54, 1.807) is 13.5 Å². The summed E-state index contributed by atoms with van der Waals surface area (Å²) < 4.78 is 10.7. The van der Waals surface area contributed by atoms with Crippen LogP contribution in [0.4, 0.5) is 0 Å². The molecule has 1 aromatic heterocycles. The quantitative estimate of drug-likeness (QED) is 0.758. The third kappa shape index (κ3) is 2.75. The van der Waals surface area contributed by atoms with Crippen LogP contribution in [0.25, 0.3) is 0 Å². The van der Waals surface area contributed by atoms with Crippen molar-refractivity contribution in [2.75, 3.05) is 20.3 Å². The Morgan fingerprint density at radius 2 is 2.22 bits per heavy atom. The van der Waals surface area contributed by atoms with Gasteiger partial charge in [-0.2, -0.15) is 0 Å². The summed E-state index contributed by atoms with van der Waals surface area (Å²) in [5.41, 5.74) is 1.32. The highest BCUT2D eigenvalue weighted by Crippen LogP contribution is 2.44. The van der Waals surface area contributed by atoms with Gasteiger partial charge in [-0.05, 0) is 19.3 Å². The fraction of sp³-hybridized carbons (Fsp3) is 0.786. The molecule has 0 bridgehead atoms. The van der Waals surface area contributed by atoms with Gasteiger partial charge in [-0.3, -0.25) is 0 Å². The summed E-state index contributed by atoms with van der Waals surface area (Å²) in [6.07, 6.45) is 7.84. The lowest BCUT2D eigenvalue weighted by Crippen LogP contribution is -2.25. The van der Waals surface area contributed by atoms with Crippen molar-refractivity contribution in [3.8, 4) is 0 Å². The van der Waals surface area contributed by atoms with Crippen LogP contribution in [0.1, 0.15) is 50.5 Å². The van der Waals surface area contributed by atoms with Crippen molar-refractivity contribution in [1.82, 2.24) is 10.3 Å². The molecule has 1 heterocycles. The maximum Gasteiger partial charge on any atom is 0.181 e. The van der Waals surface area contributed by atoms with Crippen molar-refractivity contribution in [3.63, 3.8) is 0 Å². The number of rotatable bonds is 7. The molecular weight excluding hydrogens is 228 g/mol. The second kappa shape index (κ2) is 6.34. The van der Waals surface area contributed by atoms with Crippen LogP contribution in [0.5, 0.6) is 0 Å². The molecule has 0 amide bonds. The molecule has 1 N–H and O–H groups in total. The molecule has 2 rings (SSSR count). The summed E-state index contributed by atoms with van der Waals surface area (Å²) >= 11 is 0. The number of methoxy groups -OCH3 is 1. The predicted octanol–water partition coefficient (Wildman–Crippen LogP) is 2.63. The molecule has 0 unspecified atom stereocenters. The van der Waals surface area contributed by atoms with E-state index < -0.39 is 0 Å². The van der Waals surface area contributed by atoms with Crippen LogP contribution in [-0.2, 0) is 16.7 Å². The van der Waals surface area contributed by atoms with Crippen LogP contribution in [0, 0.1) is 0 Å². The third-order valence-corrected chi connectivity index (χ3v) is 4.14. The summed E-state index contributed by atoms with van der Waals surface area (Å²) in [5, 5.41) is 3.35. The summed E-state index contributed by atoms with van der Waals surface area (Å²) in [7, 11) is 1.72. The van der Waals surface area contributed by atoms with Crippen molar-refractivity contribution < 1.29 is 9.15 Å². The highest BCUT2D eigenvalue weighted by Gasteiger charge is 2.38. The van der Waals surface area contributed by atoms with Crippen LogP contribution >= 0.6 is 0 Å². The molecule has 1 saturated carbocycles. The Kier molecular flexibility index (Phi) is 4.78. The number of hydrogen-bond donors (Lipinski definition) is 1. The van der Waals surface area contributed by atoms with E-state index in [0.717, 1.165) is 37.6 Å². The molecule has 18 heavy (non-hydrogen) atoms. The van der Waals surface area contributed by atoms with Crippen molar-refractivity contribution in [3.05, 3.63) is 17.8 Å². The van der Waals surface area contributed by atoms with Gasteiger partial charge in [-0.25, -0.2) is 4.98 Å². The second-order valence-electron chi connectivity index (χ2n) is 5.14. The Labute approximate surface area is 109 Å². The molecule has 4 nitrogen and oxygen atoms in total. The fourth-order valence-corrected chi connectivity index (χ4v) is 3.00. The normalized spacial score (nSPS) is 18.3. The van der Waals surface area contributed by atoms with Crippen molar-refractivity contribution in [2.24, 2.45) is 0 Å². The lowest BCUT2D eigenvalue weighted by molar-refractivity contribution is 0.199. The van der Waals surface area contributed by atoms with E-state index in [9.17, 15) is 0 Å². The minimum atomic E-state index is 0.245. The first kappa shape index (κ1) is 13.6. The lowest BCUT2D eigenvalue weighted by atomic mass is 9.80. The van der Waals surface area contributed by atoms with Gasteiger partial charge < -0.3 is 14.5 Å². The maximum absolute atomic E-state index is 5.72. The zero-order valence-electron chi connectivity index (χ0n) is 11.5. The van der Waals surface area contributed by atoms with E-state index in [0.29, 0.717) is 0 Å². The first-order valence-corrected chi connectivity index (χ1v) is 6.95. The lowest BCUT2D eigenvalue weighted by Gasteiger charge is -2.25. The van der Waals surface area contributed by atoms with Gasteiger partial charge in [-0.15, -0.1) is 0 Å². The zero-order chi connectivity index (χ0) is 12.8. The molecule has 1 fully saturated rings. The number of ether oxygens (including phenoxy) is 1. The molecule has 0 aromatic carbocycles. The molecule has 4 heteroatoms. The number of nitrogens with zero attached hydrogens (tertiary/aromatic N) is 1. The van der Waals surface area contributed by atoms with Crippen molar-refractivity contribution >= 4 is 0 Å². The van der Waals surface area contributed by atoms with Gasteiger partial charge in [0.15, 0.2) is 6.39 Å². The Morgan fingerprint density at radius 1 is 1.44 bits per heavy atom. The first-order chi connectivity index (χ1) is 8.82. The van der Waals surface area contributed by atoms with Gasteiger partial charge in [0.25, 0.3) is 0 Å². The summed E-state index contributed by atoms with van der Waals surface area (Å²) in [6, 6.07) is 0. The van der Waals surface area contributed by atoms with E-state index in [4.69, 9.17) is 9.15 Å². The SMILES string of the molecule is CCC1(c2ocnc2CNCCOC)CCCC1. The highest BCUT2D eigenvalue weighted by atomic mass is 16.5. The van der Waals surface area contributed by atoms with Gasteiger partial charge in [0.1, 0.15) is 5.76 Å². The van der Waals surface area contributed by atoms with Crippen LogP contribution in [-0.4, -0.2) is 25.2 Å². The van der Waals surface area contributed by atoms with Crippen LogP contribution in [0.15, 0.2) is 10.8 Å². The van der Waals surface area contributed by atoms with E-state index in [-0.39, 0.29) is 5.41 Å². The molecule has 0 spiro atoms. The van der Waals surface area contributed by atoms with E-state index in [2.05, 4.69) is 17.2 Å². The Balaban J connectivity index is 2.02. The third-order valence-electron chi connectivity index (χ3n) is 4.14. The van der Waals surface area contributed by atoms with Gasteiger partial charge >= 0.3 is 0 Å². The largest absolute Gasteiger partial charge is 0.448 e. The van der Waals surface area contributed by atoms with Crippen molar-refractivity contribution in [1.29, 1.82) is 0 Å². The van der Waals surface area contributed by atoms with Gasteiger partial charge in [-0.1, -0.05) is 19.8 Å². The van der Waals surface area contributed by atoms with Gasteiger partial charge in [0.05, 0.1) is 12.3 Å². The van der Waals surface area contributed by atoms with Gasteiger partial charge in [0.2, 0.25) is 0 Å². The molecular formula is C14H24N2O2. The molecule has 1 aromatic rings. The topological polar surface area (TPSA) is 47.3 Å². The molecule has 0 atom stereocenters. The average molecular weight is 252 g/mol. The van der Waals surface area contributed by atoms with E-state index in [1.165, 1.54) is 25.7 Å². The van der Waals surface area contributed by atoms with Crippen molar-refractivity contribution in [2.45, 2.75) is 51.0 Å². The van der Waals surface area contributed by atoms with E-state index >= 15 is 0 Å². The minimum Gasteiger partial charge on any atom is -0.448 e. The Hall–Kier alpha value is -0.870. The molecule has 1 aliphatic carbocycles. The van der Waals surface area contributed by atoms with Crippen LogP contribution in [0.3, 0.4) is 0 Å². The monoisotopic (exact) mass is 252 g/mol. The molecule has 0 radical (unpaired) electrons.